The van der Waals surface area contributed by atoms with Crippen molar-refractivity contribution in [2.75, 3.05) is 7.11 Å². The molecule has 0 saturated heterocycles. The summed E-state index contributed by atoms with van der Waals surface area (Å²) in [6.45, 7) is -2.97. The van der Waals surface area contributed by atoms with E-state index < -0.39 is 6.61 Å². The number of aromatic nitrogens is 2. The Kier molecular flexibility index (Phi) is 5.75. The van der Waals surface area contributed by atoms with E-state index in [1.807, 2.05) is 36.4 Å². The van der Waals surface area contributed by atoms with Gasteiger partial charge >= 0.3 is 6.61 Å². The molecule has 0 aliphatic heterocycles. The van der Waals surface area contributed by atoms with E-state index in [-0.39, 0.29) is 17.1 Å². The van der Waals surface area contributed by atoms with Gasteiger partial charge in [-0.05, 0) is 48.0 Å². The van der Waals surface area contributed by atoms with Crippen LogP contribution in [0.3, 0.4) is 0 Å². The number of alkyl halides is 2. The molecule has 0 radical (unpaired) electrons. The van der Waals surface area contributed by atoms with Gasteiger partial charge in [-0.1, -0.05) is 42.5 Å². The predicted molar refractivity (Wildman–Crippen MR) is 116 cm³/mol. The Hall–Kier alpha value is -4.00. The van der Waals surface area contributed by atoms with Crippen molar-refractivity contribution in [3.63, 3.8) is 0 Å². The van der Waals surface area contributed by atoms with Crippen molar-refractivity contribution in [3.05, 3.63) is 94.5 Å². The lowest BCUT2D eigenvalue weighted by atomic mass is 10.1. The van der Waals surface area contributed by atoms with Crippen LogP contribution in [-0.4, -0.2) is 23.3 Å². The Bertz CT molecular complexity index is 1300. The van der Waals surface area contributed by atoms with Gasteiger partial charge in [0.15, 0.2) is 11.5 Å². The second-order valence-corrected chi connectivity index (χ2v) is 6.59. The van der Waals surface area contributed by atoms with E-state index in [9.17, 15) is 13.6 Å². The molecule has 0 aliphatic carbocycles. The molecule has 7 heteroatoms. The van der Waals surface area contributed by atoms with Gasteiger partial charge in [0.2, 0.25) is 0 Å². The maximum absolute atomic E-state index is 13.2. The van der Waals surface area contributed by atoms with E-state index in [0.717, 1.165) is 0 Å². The molecule has 0 unspecified atom stereocenters. The summed E-state index contributed by atoms with van der Waals surface area (Å²) >= 11 is 0. The third kappa shape index (κ3) is 4.30. The van der Waals surface area contributed by atoms with Crippen LogP contribution in [0, 0.1) is 0 Å². The van der Waals surface area contributed by atoms with E-state index in [4.69, 9.17) is 4.74 Å². The monoisotopic (exact) mass is 420 g/mol. The second kappa shape index (κ2) is 8.79. The van der Waals surface area contributed by atoms with Crippen LogP contribution in [0.15, 0.2) is 77.6 Å². The summed E-state index contributed by atoms with van der Waals surface area (Å²) in [5.74, 6) is 0.524. The van der Waals surface area contributed by atoms with Crippen LogP contribution in [0.4, 0.5) is 8.78 Å². The zero-order valence-electron chi connectivity index (χ0n) is 16.5. The van der Waals surface area contributed by atoms with Gasteiger partial charge in [-0.3, -0.25) is 9.36 Å². The van der Waals surface area contributed by atoms with Gasteiger partial charge in [-0.15, -0.1) is 0 Å². The molecule has 0 atom stereocenters. The number of para-hydroxylation sites is 2. The molecular formula is C24H18F2N2O3. The molecule has 0 N–H and O–H groups in total. The number of ether oxygens (including phenoxy) is 2. The highest BCUT2D eigenvalue weighted by Crippen LogP contribution is 2.30. The lowest BCUT2D eigenvalue weighted by molar-refractivity contribution is -0.0512. The number of benzene rings is 3. The lowest BCUT2D eigenvalue weighted by Gasteiger charge is -2.12. The second-order valence-electron chi connectivity index (χ2n) is 6.59. The van der Waals surface area contributed by atoms with Crippen LogP contribution in [0.1, 0.15) is 11.4 Å². The molecule has 4 rings (SSSR count). The molecule has 4 aromatic rings. The summed E-state index contributed by atoms with van der Waals surface area (Å²) in [7, 11) is 1.38. The van der Waals surface area contributed by atoms with E-state index in [1.54, 1.807) is 36.4 Å². The van der Waals surface area contributed by atoms with Crippen molar-refractivity contribution < 1.29 is 18.3 Å². The number of hydrogen-bond donors (Lipinski definition) is 0. The smallest absolute Gasteiger partial charge is 0.387 e. The van der Waals surface area contributed by atoms with Crippen molar-refractivity contribution in [1.29, 1.82) is 0 Å². The summed E-state index contributed by atoms with van der Waals surface area (Å²) in [6.07, 6.45) is 3.34. The first-order valence-corrected chi connectivity index (χ1v) is 9.45. The highest BCUT2D eigenvalue weighted by molar-refractivity contribution is 5.80. The summed E-state index contributed by atoms with van der Waals surface area (Å²) in [5, 5.41) is 0.501. The number of nitrogens with zero attached hydrogens (tertiary/aromatic N) is 2. The molecule has 0 fully saturated rings. The van der Waals surface area contributed by atoms with Crippen LogP contribution in [0.2, 0.25) is 0 Å². The Labute approximate surface area is 176 Å². The maximum atomic E-state index is 13.2. The van der Waals surface area contributed by atoms with Gasteiger partial charge in [-0.2, -0.15) is 8.78 Å². The minimum Gasteiger partial charge on any atom is -0.493 e. The molecular weight excluding hydrogens is 402 g/mol. The predicted octanol–water partition coefficient (Wildman–Crippen LogP) is 5.17. The van der Waals surface area contributed by atoms with Crippen molar-refractivity contribution in [1.82, 2.24) is 9.55 Å². The van der Waals surface area contributed by atoms with Gasteiger partial charge in [-0.25, -0.2) is 4.98 Å². The summed E-state index contributed by atoms with van der Waals surface area (Å²) in [5.41, 5.74) is 1.61. The molecule has 0 bridgehead atoms. The minimum atomic E-state index is -2.97. The first-order valence-electron chi connectivity index (χ1n) is 9.45. The summed E-state index contributed by atoms with van der Waals surface area (Å²) in [4.78, 5) is 17.8. The van der Waals surface area contributed by atoms with Crippen LogP contribution in [0.25, 0.3) is 28.7 Å². The zero-order valence-corrected chi connectivity index (χ0v) is 16.5. The standard InChI is InChI=1S/C24H18F2N2O3/c1-30-20-13-11-16(15-21(20)31-24(25)26)12-14-22-27-19-10-6-5-9-18(19)23(29)28(22)17-7-3-2-4-8-17/h2-15,24H,1H3/b14-12-. The van der Waals surface area contributed by atoms with Crippen LogP contribution >= 0.6 is 0 Å². The first-order chi connectivity index (χ1) is 15.1. The average molecular weight is 420 g/mol. The number of methoxy groups -OCH3 is 1. The fourth-order valence-electron chi connectivity index (χ4n) is 3.24. The van der Waals surface area contributed by atoms with Crippen LogP contribution in [-0.2, 0) is 0 Å². The molecule has 31 heavy (non-hydrogen) atoms. The van der Waals surface area contributed by atoms with Gasteiger partial charge in [0.25, 0.3) is 5.56 Å². The Morgan fingerprint density at radius 3 is 2.42 bits per heavy atom. The molecule has 1 aromatic heterocycles. The van der Waals surface area contributed by atoms with Gasteiger partial charge in [0.1, 0.15) is 5.82 Å². The highest BCUT2D eigenvalue weighted by Gasteiger charge is 2.12. The van der Waals surface area contributed by atoms with E-state index in [2.05, 4.69) is 9.72 Å². The van der Waals surface area contributed by atoms with Crippen molar-refractivity contribution in [3.8, 4) is 17.2 Å². The molecule has 5 nitrogen and oxygen atoms in total. The van der Waals surface area contributed by atoms with E-state index in [0.29, 0.717) is 28.0 Å². The lowest BCUT2D eigenvalue weighted by Crippen LogP contribution is -2.22. The molecule has 1 heterocycles. The topological polar surface area (TPSA) is 53.3 Å². The zero-order chi connectivity index (χ0) is 21.8. The summed E-state index contributed by atoms with van der Waals surface area (Å²) in [6, 6.07) is 20.9. The fourth-order valence-corrected chi connectivity index (χ4v) is 3.24. The normalized spacial score (nSPS) is 11.4. The quantitative estimate of drug-likeness (QED) is 0.432. The maximum Gasteiger partial charge on any atom is 0.387 e. The number of hydrogen-bond acceptors (Lipinski definition) is 4. The molecule has 156 valence electrons. The van der Waals surface area contributed by atoms with Gasteiger partial charge < -0.3 is 9.47 Å². The van der Waals surface area contributed by atoms with E-state index in [1.165, 1.54) is 23.8 Å². The van der Waals surface area contributed by atoms with Crippen molar-refractivity contribution in [2.24, 2.45) is 0 Å². The molecule has 0 spiro atoms. The number of fused-ring (bicyclic) bond motifs is 1. The Balaban J connectivity index is 1.83. The number of rotatable bonds is 6. The van der Waals surface area contributed by atoms with Crippen molar-refractivity contribution in [2.45, 2.75) is 6.61 Å². The Morgan fingerprint density at radius 1 is 0.935 bits per heavy atom. The largest absolute Gasteiger partial charge is 0.493 e. The first kappa shape index (κ1) is 20.3. The highest BCUT2D eigenvalue weighted by atomic mass is 19.3. The van der Waals surface area contributed by atoms with Crippen LogP contribution in [0.5, 0.6) is 11.5 Å². The van der Waals surface area contributed by atoms with Gasteiger partial charge in [0, 0.05) is 0 Å². The van der Waals surface area contributed by atoms with Crippen LogP contribution < -0.4 is 15.0 Å². The fraction of sp³-hybridized carbons (Fsp3) is 0.0833. The third-order valence-corrected chi connectivity index (χ3v) is 4.64. The van der Waals surface area contributed by atoms with Crippen molar-refractivity contribution >= 4 is 23.1 Å². The molecule has 0 aliphatic rings. The SMILES string of the molecule is COc1ccc(/C=C\c2nc3ccccc3c(=O)n2-c2ccccc2)cc1OC(F)F. The number of halogens is 2. The average Bonchev–Trinajstić information content (AvgIpc) is 2.78. The third-order valence-electron chi connectivity index (χ3n) is 4.64. The molecule has 0 amide bonds. The van der Waals surface area contributed by atoms with Gasteiger partial charge in [0.05, 0.1) is 23.7 Å². The summed E-state index contributed by atoms with van der Waals surface area (Å²) < 4.78 is 36.5. The van der Waals surface area contributed by atoms with E-state index >= 15 is 0 Å². The Morgan fingerprint density at radius 2 is 1.68 bits per heavy atom. The minimum absolute atomic E-state index is 0.0772. The molecule has 3 aromatic carbocycles. The molecule has 0 saturated carbocycles.